The average molecular weight is 274 g/mol. The first-order valence-electron chi connectivity index (χ1n) is 4.14. The lowest BCUT2D eigenvalue weighted by atomic mass is 10.3. The molecule has 1 rings (SSSR count). The Morgan fingerprint density at radius 3 is 2.69 bits per heavy atom. The van der Waals surface area contributed by atoms with Crippen LogP contribution in [0.5, 0.6) is 0 Å². The minimum absolute atomic E-state index is 0. The summed E-state index contributed by atoms with van der Waals surface area (Å²) >= 11 is 5.54. The van der Waals surface area contributed by atoms with E-state index in [1.807, 2.05) is 5.32 Å². The summed E-state index contributed by atoms with van der Waals surface area (Å²) in [7, 11) is 0. The number of rotatable bonds is 4. The van der Waals surface area contributed by atoms with Crippen LogP contribution in [0, 0.1) is 0 Å². The molecule has 0 spiro atoms. The van der Waals surface area contributed by atoms with Crippen LogP contribution in [-0.2, 0) is 0 Å². The highest BCUT2D eigenvalue weighted by Gasteiger charge is 2.27. The quantitative estimate of drug-likeness (QED) is 0.777. The van der Waals surface area contributed by atoms with E-state index >= 15 is 0 Å². The summed E-state index contributed by atoms with van der Waals surface area (Å²) in [4.78, 5) is 13.8. The number of hydrogen-bond donors (Lipinski definition) is 3. The molecule has 0 aliphatic carbocycles. The van der Waals surface area contributed by atoms with E-state index in [-0.39, 0.29) is 18.1 Å². The number of amides is 1. The lowest BCUT2D eigenvalue weighted by Gasteiger charge is -2.13. The average Bonchev–Trinajstić information content (AvgIpc) is 2.61. The Labute approximate surface area is 102 Å². The summed E-state index contributed by atoms with van der Waals surface area (Å²) in [5, 5.41) is 2.38. The van der Waals surface area contributed by atoms with Gasteiger partial charge >= 0.3 is 0 Å². The van der Waals surface area contributed by atoms with Gasteiger partial charge < -0.3 is 16.0 Å². The molecule has 92 valence electrons. The maximum Gasteiger partial charge on any atom is 0.277 e. The van der Waals surface area contributed by atoms with Gasteiger partial charge in [-0.05, 0) is 6.07 Å². The third-order valence-electron chi connectivity index (χ3n) is 1.70. The zero-order valence-electron chi connectivity index (χ0n) is 8.10. The normalized spacial score (nSPS) is 10.8. The van der Waals surface area contributed by atoms with Gasteiger partial charge in [-0.3, -0.25) is 4.79 Å². The van der Waals surface area contributed by atoms with E-state index in [1.165, 1.54) is 12.3 Å². The second-order valence-electron chi connectivity index (χ2n) is 2.97. The van der Waals surface area contributed by atoms with Crippen molar-refractivity contribution in [3.63, 3.8) is 0 Å². The topological polar surface area (TPSA) is 70.9 Å². The molecule has 0 aromatic carbocycles. The van der Waals surface area contributed by atoms with Crippen molar-refractivity contribution in [1.29, 1.82) is 0 Å². The van der Waals surface area contributed by atoms with E-state index in [1.54, 1.807) is 0 Å². The van der Waals surface area contributed by atoms with Crippen molar-refractivity contribution in [3.8, 4) is 0 Å². The third kappa shape index (κ3) is 4.34. The summed E-state index contributed by atoms with van der Waals surface area (Å²) in [6.07, 6.45) is 1.39. The maximum absolute atomic E-state index is 12.7. The van der Waals surface area contributed by atoms with Crippen LogP contribution in [0.3, 0.4) is 0 Å². The summed E-state index contributed by atoms with van der Waals surface area (Å²) in [5.41, 5.74) is 4.94. The lowest BCUT2D eigenvalue weighted by molar-refractivity contribution is 0.0118. The molecule has 0 saturated carbocycles. The molecular weight excluding hydrogens is 263 g/mol. The van der Waals surface area contributed by atoms with E-state index in [0.717, 1.165) is 0 Å². The monoisotopic (exact) mass is 273 g/mol. The zero-order chi connectivity index (χ0) is 11.5. The van der Waals surface area contributed by atoms with E-state index in [9.17, 15) is 13.6 Å². The van der Waals surface area contributed by atoms with Crippen LogP contribution in [0.15, 0.2) is 12.3 Å². The van der Waals surface area contributed by atoms with Crippen molar-refractivity contribution >= 4 is 29.9 Å². The van der Waals surface area contributed by atoms with Gasteiger partial charge in [-0.2, -0.15) is 0 Å². The van der Waals surface area contributed by atoms with Crippen LogP contribution in [0.25, 0.3) is 0 Å². The Balaban J connectivity index is 0.00000225. The zero-order valence-corrected chi connectivity index (χ0v) is 9.67. The Morgan fingerprint density at radius 2 is 2.25 bits per heavy atom. The van der Waals surface area contributed by atoms with Gasteiger partial charge in [0.05, 0.1) is 18.1 Å². The van der Waals surface area contributed by atoms with Gasteiger partial charge in [0.15, 0.2) is 0 Å². The van der Waals surface area contributed by atoms with Crippen molar-refractivity contribution in [3.05, 3.63) is 23.0 Å². The summed E-state index contributed by atoms with van der Waals surface area (Å²) < 4.78 is 25.3. The molecule has 0 saturated heterocycles. The predicted octanol–water partition coefficient (Wildman–Crippen LogP) is 1.41. The van der Waals surface area contributed by atoms with Gasteiger partial charge in [0, 0.05) is 6.20 Å². The molecule has 1 aromatic heterocycles. The van der Waals surface area contributed by atoms with Crippen LogP contribution in [-0.4, -0.2) is 29.9 Å². The smallest absolute Gasteiger partial charge is 0.277 e. The van der Waals surface area contributed by atoms with Gasteiger partial charge in [-0.25, -0.2) is 8.78 Å². The molecule has 4 nitrogen and oxygen atoms in total. The van der Waals surface area contributed by atoms with E-state index in [0.29, 0.717) is 5.02 Å². The third-order valence-corrected chi connectivity index (χ3v) is 1.92. The van der Waals surface area contributed by atoms with Crippen LogP contribution in [0.1, 0.15) is 10.5 Å². The SMILES string of the molecule is Cl.NCC(F)(F)CNC(=O)c1cc(Cl)c[nH]1. The first kappa shape index (κ1) is 15.2. The second kappa shape index (κ2) is 6.03. The molecule has 1 aromatic rings. The van der Waals surface area contributed by atoms with Crippen molar-refractivity contribution < 1.29 is 13.6 Å². The first-order chi connectivity index (χ1) is 6.94. The summed E-state index contributed by atoms with van der Waals surface area (Å²) in [6, 6.07) is 1.34. The van der Waals surface area contributed by atoms with Crippen molar-refractivity contribution in [2.45, 2.75) is 5.92 Å². The van der Waals surface area contributed by atoms with Crippen LogP contribution >= 0.6 is 24.0 Å². The maximum atomic E-state index is 12.7. The molecule has 1 heterocycles. The van der Waals surface area contributed by atoms with Gasteiger partial charge in [-0.1, -0.05) is 11.6 Å². The van der Waals surface area contributed by atoms with Crippen LogP contribution in [0.2, 0.25) is 5.02 Å². The number of aromatic nitrogens is 1. The molecule has 8 heteroatoms. The highest BCUT2D eigenvalue weighted by Crippen LogP contribution is 2.11. The van der Waals surface area contributed by atoms with E-state index < -0.39 is 24.9 Å². The van der Waals surface area contributed by atoms with Gasteiger partial charge in [0.1, 0.15) is 5.69 Å². The second-order valence-corrected chi connectivity index (χ2v) is 3.41. The van der Waals surface area contributed by atoms with Crippen LogP contribution < -0.4 is 11.1 Å². The Kier molecular flexibility index (Phi) is 5.71. The number of H-pyrrole nitrogens is 1. The number of nitrogens with two attached hydrogens (primary N) is 1. The number of aromatic amines is 1. The minimum Gasteiger partial charge on any atom is -0.356 e. The van der Waals surface area contributed by atoms with E-state index in [4.69, 9.17) is 17.3 Å². The number of nitrogens with one attached hydrogen (secondary N) is 2. The first-order valence-corrected chi connectivity index (χ1v) is 4.52. The van der Waals surface area contributed by atoms with Crippen molar-refractivity contribution in [2.75, 3.05) is 13.1 Å². The molecular formula is C8H11Cl2F2N3O. The van der Waals surface area contributed by atoms with Gasteiger partial charge in [0.25, 0.3) is 11.8 Å². The van der Waals surface area contributed by atoms with Gasteiger partial charge in [-0.15, -0.1) is 12.4 Å². The fourth-order valence-electron chi connectivity index (χ4n) is 0.876. The number of halogens is 4. The van der Waals surface area contributed by atoms with Crippen LogP contribution in [0.4, 0.5) is 8.78 Å². The van der Waals surface area contributed by atoms with Crippen molar-refractivity contribution in [2.24, 2.45) is 5.73 Å². The molecule has 0 unspecified atom stereocenters. The highest BCUT2D eigenvalue weighted by atomic mass is 35.5. The number of carbonyl (C=O) groups is 1. The van der Waals surface area contributed by atoms with Gasteiger partial charge in [0.2, 0.25) is 0 Å². The molecule has 1 amide bonds. The fraction of sp³-hybridized carbons (Fsp3) is 0.375. The summed E-state index contributed by atoms with van der Waals surface area (Å²) in [5.74, 6) is -3.73. The molecule has 4 N–H and O–H groups in total. The number of hydrogen-bond acceptors (Lipinski definition) is 2. The Morgan fingerprint density at radius 1 is 1.62 bits per heavy atom. The Hall–Kier alpha value is -0.850. The molecule has 0 bridgehead atoms. The predicted molar refractivity (Wildman–Crippen MR) is 59.4 cm³/mol. The molecule has 0 aliphatic heterocycles. The largest absolute Gasteiger partial charge is 0.356 e. The number of alkyl halides is 2. The standard InChI is InChI=1S/C8H10ClF2N3O.ClH/c9-5-1-6(13-2-5)7(15)14-4-8(10,11)3-12;/h1-2,13H,3-4,12H2,(H,14,15);1H. The molecule has 0 fully saturated rings. The molecule has 16 heavy (non-hydrogen) atoms. The van der Waals surface area contributed by atoms with Crippen molar-refractivity contribution in [1.82, 2.24) is 10.3 Å². The summed E-state index contributed by atoms with van der Waals surface area (Å²) in [6.45, 7) is -1.60. The molecule has 0 radical (unpaired) electrons. The number of carbonyl (C=O) groups excluding carboxylic acids is 1. The van der Waals surface area contributed by atoms with E-state index in [2.05, 4.69) is 4.98 Å². The fourth-order valence-corrected chi connectivity index (χ4v) is 1.04. The highest BCUT2D eigenvalue weighted by molar-refractivity contribution is 6.30. The molecule has 0 aliphatic rings. The molecule has 0 atom stereocenters. The lowest BCUT2D eigenvalue weighted by Crippen LogP contribution is -2.41. The Bertz CT molecular complexity index is 357. The minimum atomic E-state index is -3.09.